The maximum absolute atomic E-state index is 12.1. The number of carbonyl (C=O) groups excluding carboxylic acids is 1. The summed E-state index contributed by atoms with van der Waals surface area (Å²) in [5.74, 6) is 0.479. The van der Waals surface area contributed by atoms with Crippen LogP contribution < -0.4 is 5.32 Å². The zero-order valence-corrected chi connectivity index (χ0v) is 14.5. The Morgan fingerprint density at radius 2 is 1.96 bits per heavy atom. The molecule has 1 heterocycles. The van der Waals surface area contributed by atoms with Crippen LogP contribution in [0, 0.1) is 0 Å². The molecule has 0 bridgehead atoms. The van der Waals surface area contributed by atoms with Crippen LogP contribution in [-0.4, -0.2) is 15.7 Å². The van der Waals surface area contributed by atoms with Gasteiger partial charge < -0.3 is 5.32 Å². The van der Waals surface area contributed by atoms with Crippen LogP contribution in [0.1, 0.15) is 11.1 Å². The predicted octanol–water partition coefficient (Wildman–Crippen LogP) is 4.35. The van der Waals surface area contributed by atoms with Gasteiger partial charge in [-0.2, -0.15) is 5.10 Å². The molecule has 0 atom stereocenters. The lowest BCUT2D eigenvalue weighted by Gasteiger charge is -2.07. The Kier molecular flexibility index (Phi) is 5.23. The Hall–Kier alpha value is -2.66. The molecule has 0 unspecified atom stereocenters. The fourth-order valence-corrected chi connectivity index (χ4v) is 2.69. The van der Waals surface area contributed by atoms with Crippen LogP contribution >= 0.6 is 15.9 Å². The molecule has 0 aliphatic heterocycles. The second-order valence-corrected chi connectivity index (χ2v) is 6.15. The van der Waals surface area contributed by atoms with Crippen molar-refractivity contribution in [2.24, 2.45) is 0 Å². The molecule has 0 aliphatic rings. The molecular formula is C19H16BrN3O. The average Bonchev–Trinajstić information content (AvgIpc) is 3.01. The van der Waals surface area contributed by atoms with Crippen LogP contribution in [0.2, 0.25) is 0 Å². The van der Waals surface area contributed by atoms with Gasteiger partial charge in [0.1, 0.15) is 5.82 Å². The highest BCUT2D eigenvalue weighted by Gasteiger charge is 2.05. The monoisotopic (exact) mass is 381 g/mol. The first-order chi connectivity index (χ1) is 11.7. The molecule has 120 valence electrons. The molecule has 0 saturated carbocycles. The fourth-order valence-electron chi connectivity index (χ4n) is 2.27. The molecule has 4 nitrogen and oxygen atoms in total. The Bertz CT molecular complexity index is 856. The Morgan fingerprint density at radius 1 is 1.12 bits per heavy atom. The number of anilines is 1. The summed E-state index contributed by atoms with van der Waals surface area (Å²) in [6.07, 6.45) is 4.97. The number of hydrogen-bond donors (Lipinski definition) is 1. The molecule has 3 rings (SSSR count). The first-order valence-electron chi connectivity index (χ1n) is 7.51. The molecule has 0 spiro atoms. The minimum Gasteiger partial charge on any atom is -0.307 e. The lowest BCUT2D eigenvalue weighted by Crippen LogP contribution is -2.13. The molecule has 0 radical (unpaired) electrons. The summed E-state index contributed by atoms with van der Waals surface area (Å²) in [6, 6.07) is 19.5. The SMILES string of the molecule is O=C(/C=C/c1cccc(Br)c1)Nc1ccnn1Cc1ccccc1. The van der Waals surface area contributed by atoms with E-state index in [-0.39, 0.29) is 5.91 Å². The van der Waals surface area contributed by atoms with Crippen LogP contribution in [0.3, 0.4) is 0 Å². The van der Waals surface area contributed by atoms with Gasteiger partial charge in [-0.15, -0.1) is 0 Å². The average molecular weight is 382 g/mol. The number of rotatable bonds is 5. The number of nitrogens with one attached hydrogen (secondary N) is 1. The van der Waals surface area contributed by atoms with Gasteiger partial charge in [0.2, 0.25) is 5.91 Å². The van der Waals surface area contributed by atoms with E-state index in [4.69, 9.17) is 0 Å². The van der Waals surface area contributed by atoms with Crippen molar-refractivity contribution in [3.8, 4) is 0 Å². The third-order valence-corrected chi connectivity index (χ3v) is 3.91. The standard InChI is InChI=1S/C19H16BrN3O/c20-17-8-4-7-15(13-17)9-10-19(24)22-18-11-12-21-23(18)14-16-5-2-1-3-6-16/h1-13H,14H2,(H,22,24)/b10-9+. The topological polar surface area (TPSA) is 46.9 Å². The van der Waals surface area contributed by atoms with E-state index in [0.29, 0.717) is 12.4 Å². The highest BCUT2D eigenvalue weighted by molar-refractivity contribution is 9.10. The van der Waals surface area contributed by atoms with E-state index in [1.165, 1.54) is 6.08 Å². The first-order valence-corrected chi connectivity index (χ1v) is 8.30. The highest BCUT2D eigenvalue weighted by Crippen LogP contribution is 2.13. The van der Waals surface area contributed by atoms with Crippen molar-refractivity contribution in [3.63, 3.8) is 0 Å². The third-order valence-electron chi connectivity index (χ3n) is 3.42. The lowest BCUT2D eigenvalue weighted by molar-refractivity contribution is -0.111. The summed E-state index contributed by atoms with van der Waals surface area (Å²) >= 11 is 3.41. The van der Waals surface area contributed by atoms with E-state index in [9.17, 15) is 4.79 Å². The summed E-state index contributed by atoms with van der Waals surface area (Å²) in [4.78, 5) is 12.1. The number of aromatic nitrogens is 2. The van der Waals surface area contributed by atoms with E-state index in [0.717, 1.165) is 15.6 Å². The van der Waals surface area contributed by atoms with Gasteiger partial charge in [0.25, 0.3) is 0 Å². The fraction of sp³-hybridized carbons (Fsp3) is 0.0526. The molecule has 1 aromatic heterocycles. The third kappa shape index (κ3) is 4.43. The van der Waals surface area contributed by atoms with Crippen LogP contribution in [0.4, 0.5) is 5.82 Å². The van der Waals surface area contributed by atoms with Crippen molar-refractivity contribution in [2.45, 2.75) is 6.54 Å². The number of nitrogens with zero attached hydrogens (tertiary/aromatic N) is 2. The lowest BCUT2D eigenvalue weighted by atomic mass is 10.2. The molecule has 2 aromatic carbocycles. The van der Waals surface area contributed by atoms with Gasteiger partial charge in [-0.05, 0) is 29.3 Å². The number of carbonyl (C=O) groups is 1. The van der Waals surface area contributed by atoms with Gasteiger partial charge >= 0.3 is 0 Å². The van der Waals surface area contributed by atoms with E-state index in [1.54, 1.807) is 23.0 Å². The number of benzene rings is 2. The Morgan fingerprint density at radius 3 is 2.75 bits per heavy atom. The van der Waals surface area contributed by atoms with Crippen molar-refractivity contribution in [3.05, 3.63) is 88.5 Å². The van der Waals surface area contributed by atoms with Gasteiger partial charge in [0.15, 0.2) is 0 Å². The Balaban J connectivity index is 1.66. The summed E-state index contributed by atoms with van der Waals surface area (Å²) in [6.45, 7) is 0.610. The minimum atomic E-state index is -0.190. The van der Waals surface area contributed by atoms with Crippen LogP contribution in [-0.2, 0) is 11.3 Å². The second kappa shape index (κ2) is 7.75. The van der Waals surface area contributed by atoms with Crippen LogP contribution in [0.15, 0.2) is 77.4 Å². The van der Waals surface area contributed by atoms with Crippen molar-refractivity contribution in [1.82, 2.24) is 9.78 Å². The molecule has 0 fully saturated rings. The zero-order chi connectivity index (χ0) is 16.8. The first kappa shape index (κ1) is 16.2. The maximum Gasteiger partial charge on any atom is 0.249 e. The molecule has 3 aromatic rings. The molecule has 0 saturated heterocycles. The predicted molar refractivity (Wildman–Crippen MR) is 99.6 cm³/mol. The Labute approximate surface area is 149 Å². The molecule has 24 heavy (non-hydrogen) atoms. The summed E-state index contributed by atoms with van der Waals surface area (Å²) in [5, 5.41) is 7.12. The quantitative estimate of drug-likeness (QED) is 0.667. The molecule has 1 amide bonds. The second-order valence-electron chi connectivity index (χ2n) is 5.24. The van der Waals surface area contributed by atoms with Crippen molar-refractivity contribution in [2.75, 3.05) is 5.32 Å². The molecule has 0 aliphatic carbocycles. The summed E-state index contributed by atoms with van der Waals surface area (Å²) < 4.78 is 2.74. The molecule has 5 heteroatoms. The van der Waals surface area contributed by atoms with Crippen LogP contribution in [0.25, 0.3) is 6.08 Å². The van der Waals surface area contributed by atoms with E-state index in [1.807, 2.05) is 54.6 Å². The highest BCUT2D eigenvalue weighted by atomic mass is 79.9. The number of amides is 1. The van der Waals surface area contributed by atoms with Gasteiger partial charge in [-0.3, -0.25) is 4.79 Å². The van der Waals surface area contributed by atoms with Crippen LogP contribution in [0.5, 0.6) is 0 Å². The number of hydrogen-bond acceptors (Lipinski definition) is 2. The van der Waals surface area contributed by atoms with Crippen molar-refractivity contribution >= 4 is 33.7 Å². The number of halogens is 1. The van der Waals surface area contributed by atoms with Gasteiger partial charge in [0, 0.05) is 16.6 Å². The van der Waals surface area contributed by atoms with Gasteiger partial charge in [0.05, 0.1) is 12.7 Å². The zero-order valence-electron chi connectivity index (χ0n) is 12.9. The summed E-state index contributed by atoms with van der Waals surface area (Å²) in [5.41, 5.74) is 2.08. The van der Waals surface area contributed by atoms with Gasteiger partial charge in [-0.1, -0.05) is 58.4 Å². The molecular weight excluding hydrogens is 366 g/mol. The normalized spacial score (nSPS) is 10.9. The largest absolute Gasteiger partial charge is 0.307 e. The maximum atomic E-state index is 12.1. The summed E-state index contributed by atoms with van der Waals surface area (Å²) in [7, 11) is 0. The smallest absolute Gasteiger partial charge is 0.249 e. The molecule has 1 N–H and O–H groups in total. The van der Waals surface area contributed by atoms with Crippen molar-refractivity contribution < 1.29 is 4.79 Å². The minimum absolute atomic E-state index is 0.190. The van der Waals surface area contributed by atoms with Crippen molar-refractivity contribution in [1.29, 1.82) is 0 Å². The van der Waals surface area contributed by atoms with E-state index < -0.39 is 0 Å². The van der Waals surface area contributed by atoms with E-state index in [2.05, 4.69) is 26.3 Å². The van der Waals surface area contributed by atoms with Gasteiger partial charge in [-0.25, -0.2) is 4.68 Å². The van der Waals surface area contributed by atoms with E-state index >= 15 is 0 Å².